The number of sulfone groups is 1. The number of fused-ring (bicyclic) bond motifs is 2. The van der Waals surface area contributed by atoms with Crippen molar-refractivity contribution >= 4 is 54.8 Å². The maximum Gasteiger partial charge on any atom is 0.490 e. The van der Waals surface area contributed by atoms with Crippen LogP contribution in [0.4, 0.5) is 18.9 Å². The number of anilines is 1. The molecule has 0 saturated carbocycles. The normalized spacial score (nSPS) is 11.4. The van der Waals surface area contributed by atoms with Gasteiger partial charge in [-0.2, -0.15) is 13.2 Å². The van der Waals surface area contributed by atoms with Gasteiger partial charge in [-0.1, -0.05) is 48.5 Å². The van der Waals surface area contributed by atoms with Crippen LogP contribution < -0.4 is 16.2 Å². The number of benzene rings is 5. The SMILES string of the molecule is N=C(N)c1ccc2cc(Oc3c(N)cc(S(=O)(=O)c4ccc5ccccc5c4)cc3C(=O)O)ccc2c1.O=C(O)C(F)(F)F. The van der Waals surface area contributed by atoms with Crippen molar-refractivity contribution in [2.45, 2.75) is 16.0 Å². The van der Waals surface area contributed by atoms with Crippen LogP contribution in [0.25, 0.3) is 21.5 Å². The number of carboxylic acids is 2. The number of carboxylic acid groups (broad SMARTS) is 2. The average Bonchev–Trinajstić information content (AvgIpc) is 2.97. The Hall–Kier alpha value is -5.63. The first-order chi connectivity index (χ1) is 20.6. The van der Waals surface area contributed by atoms with E-state index in [0.717, 1.165) is 27.6 Å². The summed E-state index contributed by atoms with van der Waals surface area (Å²) in [6, 6.07) is 24.6. The highest BCUT2D eigenvalue weighted by molar-refractivity contribution is 7.91. The number of ether oxygens (including phenoxy) is 1. The van der Waals surface area contributed by atoms with E-state index < -0.39 is 28.0 Å². The number of nitrogens with one attached hydrogen (secondary N) is 1. The highest BCUT2D eigenvalue weighted by Gasteiger charge is 2.38. The summed E-state index contributed by atoms with van der Waals surface area (Å²) in [7, 11) is -4.06. The molecule has 10 nitrogen and oxygen atoms in total. The lowest BCUT2D eigenvalue weighted by Gasteiger charge is -2.15. The topological polar surface area (TPSA) is 194 Å². The van der Waals surface area contributed by atoms with Crippen LogP contribution in [0.1, 0.15) is 15.9 Å². The van der Waals surface area contributed by atoms with Gasteiger partial charge in [-0.15, -0.1) is 0 Å². The van der Waals surface area contributed by atoms with Crippen molar-refractivity contribution in [1.29, 1.82) is 5.41 Å². The molecule has 0 unspecified atom stereocenters. The molecule has 0 saturated heterocycles. The molecular formula is C30H22F3N3O7S. The van der Waals surface area contributed by atoms with Crippen LogP contribution in [0.15, 0.2) is 101 Å². The first-order valence-corrected chi connectivity index (χ1v) is 13.8. The Balaban J connectivity index is 0.000000566. The highest BCUT2D eigenvalue weighted by Crippen LogP contribution is 2.37. The second-order valence-electron chi connectivity index (χ2n) is 9.25. The summed E-state index contributed by atoms with van der Waals surface area (Å²) in [6.45, 7) is 0. The third-order valence-corrected chi connectivity index (χ3v) is 7.98. The number of hydrogen-bond acceptors (Lipinski definition) is 7. The van der Waals surface area contributed by atoms with E-state index in [-0.39, 0.29) is 32.6 Å². The largest absolute Gasteiger partial charge is 0.490 e. The smallest absolute Gasteiger partial charge is 0.478 e. The van der Waals surface area contributed by atoms with Gasteiger partial charge in [0.2, 0.25) is 9.84 Å². The monoisotopic (exact) mass is 625 g/mol. The van der Waals surface area contributed by atoms with Crippen LogP contribution in [0.2, 0.25) is 0 Å². The zero-order valence-electron chi connectivity index (χ0n) is 22.3. The molecule has 0 heterocycles. The van der Waals surface area contributed by atoms with Gasteiger partial charge in [-0.05, 0) is 64.0 Å². The van der Waals surface area contributed by atoms with Crippen molar-refractivity contribution in [2.75, 3.05) is 5.73 Å². The number of alkyl halides is 3. The Morgan fingerprint density at radius 2 is 1.34 bits per heavy atom. The third kappa shape index (κ3) is 6.71. The molecule has 5 aromatic rings. The summed E-state index contributed by atoms with van der Waals surface area (Å²) in [5.74, 6) is -4.05. The highest BCUT2D eigenvalue weighted by atomic mass is 32.2. The van der Waals surface area contributed by atoms with E-state index in [1.807, 2.05) is 12.1 Å². The number of amidine groups is 1. The molecule has 0 atom stereocenters. The van der Waals surface area contributed by atoms with Crippen LogP contribution in [0.5, 0.6) is 11.5 Å². The number of carbonyl (C=O) groups is 2. The summed E-state index contributed by atoms with van der Waals surface area (Å²) >= 11 is 0. The van der Waals surface area contributed by atoms with Crippen molar-refractivity contribution in [1.82, 2.24) is 0 Å². The maximum atomic E-state index is 13.4. The van der Waals surface area contributed by atoms with E-state index in [0.29, 0.717) is 11.3 Å². The molecule has 7 N–H and O–H groups in total. The summed E-state index contributed by atoms with van der Waals surface area (Å²) in [5, 5.41) is 27.8. The molecule has 5 rings (SSSR count). The van der Waals surface area contributed by atoms with Gasteiger partial charge in [0.15, 0.2) is 5.75 Å². The van der Waals surface area contributed by atoms with Crippen LogP contribution >= 0.6 is 0 Å². The molecule has 226 valence electrons. The van der Waals surface area contributed by atoms with Gasteiger partial charge in [0.25, 0.3) is 0 Å². The standard InChI is InChI=1S/C28H21N3O5S.C2HF3O2/c29-25-15-23(37(34,35)22-10-8-16-3-1-2-4-17(16)13-22)14-24(28(32)33)26(25)36-21-9-7-18-11-20(27(30)31)6-5-19(18)12-21;3-2(4,5)1(6)7/h1-15H,29H2,(H3,30,31)(H,32,33);(H,6,7). The number of nitrogen functional groups attached to an aromatic ring is 2. The molecule has 0 bridgehead atoms. The molecule has 14 heteroatoms. The first-order valence-electron chi connectivity index (χ1n) is 12.3. The van der Waals surface area contributed by atoms with Gasteiger partial charge in [0.1, 0.15) is 17.1 Å². The molecule has 0 aliphatic rings. The van der Waals surface area contributed by atoms with E-state index in [1.54, 1.807) is 54.6 Å². The van der Waals surface area contributed by atoms with E-state index in [1.165, 1.54) is 18.2 Å². The Morgan fingerprint density at radius 1 is 0.773 bits per heavy atom. The zero-order chi connectivity index (χ0) is 32.4. The number of rotatable bonds is 6. The molecule has 0 aliphatic carbocycles. The minimum absolute atomic E-state index is 0.0232. The van der Waals surface area contributed by atoms with Crippen molar-refractivity contribution in [3.8, 4) is 11.5 Å². The number of hydrogen-bond donors (Lipinski definition) is 5. The summed E-state index contributed by atoms with van der Waals surface area (Å²) in [5.41, 5.74) is 11.8. The first kappa shape index (κ1) is 31.3. The number of aromatic carboxylic acids is 1. The molecular weight excluding hydrogens is 603 g/mol. The summed E-state index contributed by atoms with van der Waals surface area (Å²) in [4.78, 5) is 20.8. The molecule has 0 fully saturated rings. The fraction of sp³-hybridized carbons (Fsp3) is 0.0333. The Kier molecular flexibility index (Phi) is 8.49. The van der Waals surface area contributed by atoms with Crippen molar-refractivity contribution in [3.05, 3.63) is 102 Å². The zero-order valence-corrected chi connectivity index (χ0v) is 23.1. The second-order valence-corrected chi connectivity index (χ2v) is 11.2. The minimum atomic E-state index is -5.08. The van der Waals surface area contributed by atoms with E-state index in [2.05, 4.69) is 0 Å². The fourth-order valence-corrected chi connectivity index (χ4v) is 5.45. The quantitative estimate of drug-likeness (QED) is 0.0878. The van der Waals surface area contributed by atoms with Gasteiger partial charge in [-0.3, -0.25) is 5.41 Å². The molecule has 0 amide bonds. The third-order valence-electron chi connectivity index (χ3n) is 6.25. The van der Waals surface area contributed by atoms with Crippen LogP contribution in [-0.4, -0.2) is 42.6 Å². The number of halogens is 3. The van der Waals surface area contributed by atoms with Crippen LogP contribution in [0, 0.1) is 5.41 Å². The predicted octanol–water partition coefficient (Wildman–Crippen LogP) is 5.82. The van der Waals surface area contributed by atoms with Gasteiger partial charge >= 0.3 is 18.1 Å². The fourth-order valence-electron chi connectivity index (χ4n) is 4.10. The van der Waals surface area contributed by atoms with Crippen LogP contribution in [0.3, 0.4) is 0 Å². The van der Waals surface area contributed by atoms with E-state index in [4.69, 9.17) is 31.5 Å². The van der Waals surface area contributed by atoms with Crippen molar-refractivity contribution in [3.63, 3.8) is 0 Å². The van der Waals surface area contributed by atoms with Crippen molar-refractivity contribution < 1.29 is 46.1 Å². The summed E-state index contributed by atoms with van der Waals surface area (Å²) < 4.78 is 64.4. The van der Waals surface area contributed by atoms with Gasteiger partial charge in [0, 0.05) is 5.56 Å². The predicted molar refractivity (Wildman–Crippen MR) is 156 cm³/mol. The lowest BCUT2D eigenvalue weighted by molar-refractivity contribution is -0.192. The van der Waals surface area contributed by atoms with Gasteiger partial charge in [0.05, 0.1) is 15.5 Å². The molecule has 0 spiro atoms. The maximum absolute atomic E-state index is 13.4. The second kappa shape index (κ2) is 11.9. The van der Waals surface area contributed by atoms with Gasteiger partial charge < -0.3 is 26.4 Å². The summed E-state index contributed by atoms with van der Waals surface area (Å²) in [6.07, 6.45) is -5.08. The molecule has 0 radical (unpaired) electrons. The van der Waals surface area contributed by atoms with Gasteiger partial charge in [-0.25, -0.2) is 18.0 Å². The number of aliphatic carboxylic acids is 1. The lowest BCUT2D eigenvalue weighted by atomic mass is 10.1. The Labute approximate surface area is 247 Å². The molecule has 5 aromatic carbocycles. The lowest BCUT2D eigenvalue weighted by Crippen LogP contribution is -2.21. The molecule has 0 aliphatic heterocycles. The van der Waals surface area contributed by atoms with E-state index in [9.17, 15) is 31.5 Å². The number of nitrogens with two attached hydrogens (primary N) is 2. The average molecular weight is 626 g/mol. The minimum Gasteiger partial charge on any atom is -0.478 e. The molecule has 0 aromatic heterocycles. The van der Waals surface area contributed by atoms with E-state index >= 15 is 0 Å². The Bertz CT molecular complexity index is 2060. The Morgan fingerprint density at radius 3 is 1.95 bits per heavy atom. The van der Waals surface area contributed by atoms with Crippen LogP contribution in [-0.2, 0) is 14.6 Å². The molecule has 44 heavy (non-hydrogen) atoms. The van der Waals surface area contributed by atoms with Crippen molar-refractivity contribution in [2.24, 2.45) is 5.73 Å².